The molecule has 0 saturated carbocycles. The lowest BCUT2D eigenvalue weighted by molar-refractivity contribution is -0.138. The number of para-hydroxylation sites is 1. The molecule has 1 aliphatic heterocycles. The number of nitrogens with zero attached hydrogens (tertiary/aromatic N) is 2. The number of amides is 1. The second-order valence-electron chi connectivity index (χ2n) is 5.98. The monoisotopic (exact) mass is 422 g/mol. The van der Waals surface area contributed by atoms with E-state index in [0.717, 1.165) is 28.3 Å². The zero-order valence-corrected chi connectivity index (χ0v) is 16.3. The Kier molecular flexibility index (Phi) is 5.86. The van der Waals surface area contributed by atoms with Gasteiger partial charge in [0.1, 0.15) is 5.75 Å². The van der Waals surface area contributed by atoms with Crippen LogP contribution in [0.15, 0.2) is 53.0 Å². The Morgan fingerprint density at radius 2 is 1.84 bits per heavy atom. The molecule has 2 aromatic carbocycles. The van der Waals surface area contributed by atoms with Crippen LogP contribution < -0.4 is 9.64 Å². The second kappa shape index (κ2) is 8.11. The first kappa shape index (κ1) is 18.1. The Bertz CT molecular complexity index is 748. The summed E-state index contributed by atoms with van der Waals surface area (Å²) < 4.78 is 6.67. The summed E-state index contributed by atoms with van der Waals surface area (Å²) >= 11 is 9.51. The van der Waals surface area contributed by atoms with Gasteiger partial charge in [-0.15, -0.1) is 0 Å². The van der Waals surface area contributed by atoms with Crippen molar-refractivity contribution >= 4 is 39.1 Å². The minimum absolute atomic E-state index is 0.0153. The largest absolute Gasteiger partial charge is 0.480 e. The average Bonchev–Trinajstić information content (AvgIpc) is 2.63. The molecule has 0 radical (unpaired) electrons. The topological polar surface area (TPSA) is 32.8 Å². The van der Waals surface area contributed by atoms with Crippen molar-refractivity contribution in [1.29, 1.82) is 0 Å². The third-order valence-electron chi connectivity index (χ3n) is 4.25. The summed E-state index contributed by atoms with van der Waals surface area (Å²) in [5.41, 5.74) is 1.09. The Morgan fingerprint density at radius 3 is 2.52 bits per heavy atom. The fourth-order valence-electron chi connectivity index (χ4n) is 2.90. The Hall–Kier alpha value is -1.72. The van der Waals surface area contributed by atoms with Crippen LogP contribution in [0, 0.1) is 0 Å². The fraction of sp³-hybridized carbons (Fsp3) is 0.316. The normalized spacial score (nSPS) is 15.8. The van der Waals surface area contributed by atoms with E-state index in [0.29, 0.717) is 18.8 Å². The van der Waals surface area contributed by atoms with E-state index in [1.165, 1.54) is 0 Å². The predicted molar refractivity (Wildman–Crippen MR) is 104 cm³/mol. The standard InChI is InChI=1S/C19H20BrClN2O2/c1-14(25-18-8-3-2-7-17(18)20)19(24)23-11-9-22(10-12-23)16-6-4-5-15(21)13-16/h2-8,13-14H,9-12H2,1H3. The molecule has 1 amide bonds. The fourth-order valence-corrected chi connectivity index (χ4v) is 3.46. The highest BCUT2D eigenvalue weighted by Gasteiger charge is 2.26. The van der Waals surface area contributed by atoms with Gasteiger partial charge in [0.05, 0.1) is 4.47 Å². The highest BCUT2D eigenvalue weighted by molar-refractivity contribution is 9.10. The van der Waals surface area contributed by atoms with Gasteiger partial charge in [-0.25, -0.2) is 0 Å². The number of halogens is 2. The molecule has 1 fully saturated rings. The number of hydrogen-bond acceptors (Lipinski definition) is 3. The van der Waals surface area contributed by atoms with Crippen LogP contribution in [0.2, 0.25) is 5.02 Å². The number of rotatable bonds is 4. The van der Waals surface area contributed by atoms with Crippen molar-refractivity contribution in [1.82, 2.24) is 4.90 Å². The number of benzene rings is 2. The molecule has 0 N–H and O–H groups in total. The Balaban J connectivity index is 1.57. The van der Waals surface area contributed by atoms with Gasteiger partial charge in [-0.05, 0) is 53.2 Å². The molecule has 1 aliphatic rings. The van der Waals surface area contributed by atoms with Gasteiger partial charge in [-0.1, -0.05) is 29.8 Å². The number of anilines is 1. The average molecular weight is 424 g/mol. The minimum Gasteiger partial charge on any atom is -0.480 e. The molecular formula is C19H20BrClN2O2. The predicted octanol–water partition coefficient (Wildman–Crippen LogP) is 4.22. The van der Waals surface area contributed by atoms with Gasteiger partial charge in [-0.3, -0.25) is 4.79 Å². The molecular weight excluding hydrogens is 404 g/mol. The SMILES string of the molecule is CC(Oc1ccccc1Br)C(=O)N1CCN(c2cccc(Cl)c2)CC1. The van der Waals surface area contributed by atoms with E-state index in [1.807, 2.05) is 53.4 Å². The Morgan fingerprint density at radius 1 is 1.12 bits per heavy atom. The number of hydrogen-bond donors (Lipinski definition) is 0. The van der Waals surface area contributed by atoms with E-state index in [1.54, 1.807) is 6.92 Å². The van der Waals surface area contributed by atoms with Crippen molar-refractivity contribution in [2.45, 2.75) is 13.0 Å². The third kappa shape index (κ3) is 4.47. The molecule has 25 heavy (non-hydrogen) atoms. The number of piperazine rings is 1. The van der Waals surface area contributed by atoms with Crippen molar-refractivity contribution < 1.29 is 9.53 Å². The zero-order valence-electron chi connectivity index (χ0n) is 14.0. The summed E-state index contributed by atoms with van der Waals surface area (Å²) in [6.07, 6.45) is -0.517. The van der Waals surface area contributed by atoms with E-state index in [2.05, 4.69) is 20.8 Å². The summed E-state index contributed by atoms with van der Waals surface area (Å²) in [5, 5.41) is 0.728. The van der Waals surface area contributed by atoms with Crippen molar-refractivity contribution in [2.75, 3.05) is 31.1 Å². The van der Waals surface area contributed by atoms with E-state index < -0.39 is 6.10 Å². The van der Waals surface area contributed by atoms with Crippen LogP contribution in [0.5, 0.6) is 5.75 Å². The molecule has 1 saturated heterocycles. The molecule has 2 aromatic rings. The van der Waals surface area contributed by atoms with Gasteiger partial charge in [0, 0.05) is 36.9 Å². The van der Waals surface area contributed by atoms with E-state index >= 15 is 0 Å². The molecule has 1 unspecified atom stereocenters. The molecule has 132 valence electrons. The first-order valence-corrected chi connectivity index (χ1v) is 9.42. The van der Waals surface area contributed by atoms with Gasteiger partial charge in [-0.2, -0.15) is 0 Å². The van der Waals surface area contributed by atoms with E-state index in [9.17, 15) is 4.79 Å². The highest BCUT2D eigenvalue weighted by atomic mass is 79.9. The molecule has 1 heterocycles. The summed E-state index contributed by atoms with van der Waals surface area (Å²) in [6.45, 7) is 4.72. The third-order valence-corrected chi connectivity index (χ3v) is 5.14. The maximum Gasteiger partial charge on any atom is 0.263 e. The highest BCUT2D eigenvalue weighted by Crippen LogP contribution is 2.25. The molecule has 1 atom stereocenters. The van der Waals surface area contributed by atoms with Crippen LogP contribution in [-0.2, 0) is 4.79 Å². The van der Waals surface area contributed by atoms with Gasteiger partial charge >= 0.3 is 0 Å². The molecule has 3 rings (SSSR count). The lowest BCUT2D eigenvalue weighted by atomic mass is 10.2. The first-order chi connectivity index (χ1) is 12.0. The first-order valence-electron chi connectivity index (χ1n) is 8.25. The molecule has 0 aromatic heterocycles. The van der Waals surface area contributed by atoms with Crippen LogP contribution in [0.1, 0.15) is 6.92 Å². The van der Waals surface area contributed by atoms with E-state index in [4.69, 9.17) is 16.3 Å². The molecule has 4 nitrogen and oxygen atoms in total. The maximum atomic E-state index is 12.7. The summed E-state index contributed by atoms with van der Waals surface area (Å²) in [5.74, 6) is 0.697. The molecule has 6 heteroatoms. The molecule has 0 spiro atoms. The van der Waals surface area contributed by atoms with Crippen LogP contribution in [0.3, 0.4) is 0 Å². The molecule has 0 bridgehead atoms. The number of carbonyl (C=O) groups excluding carboxylic acids is 1. The van der Waals surface area contributed by atoms with Crippen LogP contribution in [0.4, 0.5) is 5.69 Å². The van der Waals surface area contributed by atoms with Crippen molar-refractivity contribution in [3.05, 3.63) is 58.0 Å². The summed E-state index contributed by atoms with van der Waals surface area (Å²) in [7, 11) is 0. The van der Waals surface area contributed by atoms with Crippen molar-refractivity contribution in [3.63, 3.8) is 0 Å². The number of ether oxygens (including phenoxy) is 1. The quantitative estimate of drug-likeness (QED) is 0.738. The van der Waals surface area contributed by atoms with Gasteiger partial charge in [0.2, 0.25) is 0 Å². The lowest BCUT2D eigenvalue weighted by Gasteiger charge is -2.37. The zero-order chi connectivity index (χ0) is 17.8. The van der Waals surface area contributed by atoms with Crippen LogP contribution >= 0.6 is 27.5 Å². The van der Waals surface area contributed by atoms with Crippen molar-refractivity contribution in [2.24, 2.45) is 0 Å². The van der Waals surface area contributed by atoms with Gasteiger partial charge < -0.3 is 14.5 Å². The van der Waals surface area contributed by atoms with Crippen LogP contribution in [0.25, 0.3) is 0 Å². The Labute approximate surface area is 161 Å². The minimum atomic E-state index is -0.517. The van der Waals surface area contributed by atoms with Crippen molar-refractivity contribution in [3.8, 4) is 5.75 Å². The maximum absolute atomic E-state index is 12.7. The second-order valence-corrected chi connectivity index (χ2v) is 7.27. The summed E-state index contributed by atoms with van der Waals surface area (Å²) in [4.78, 5) is 16.8. The summed E-state index contributed by atoms with van der Waals surface area (Å²) in [6, 6.07) is 15.4. The number of carbonyl (C=O) groups is 1. The van der Waals surface area contributed by atoms with Gasteiger partial charge in [0.25, 0.3) is 5.91 Å². The van der Waals surface area contributed by atoms with Gasteiger partial charge in [0.15, 0.2) is 6.10 Å². The van der Waals surface area contributed by atoms with E-state index in [-0.39, 0.29) is 5.91 Å². The molecule has 0 aliphatic carbocycles. The lowest BCUT2D eigenvalue weighted by Crippen LogP contribution is -2.52. The van der Waals surface area contributed by atoms with Crippen LogP contribution in [-0.4, -0.2) is 43.1 Å². The smallest absolute Gasteiger partial charge is 0.263 e.